The molecule has 8 aromatic rings. The third kappa shape index (κ3) is 14.6. The number of carbonyl (C=O) groups is 1. The van der Waals surface area contributed by atoms with Gasteiger partial charge in [0.25, 0.3) is 0 Å². The van der Waals surface area contributed by atoms with Gasteiger partial charge in [0.2, 0.25) is 0 Å². The summed E-state index contributed by atoms with van der Waals surface area (Å²) < 4.78 is 13.3. The topological polar surface area (TPSA) is 76.0 Å². The molecule has 3 aromatic heterocycles. The van der Waals surface area contributed by atoms with Gasteiger partial charge in [-0.25, -0.2) is 0 Å². The minimum absolute atomic E-state index is 0. The summed E-state index contributed by atoms with van der Waals surface area (Å²) in [4.78, 5) is 23.1. The van der Waals surface area contributed by atoms with Crippen molar-refractivity contribution in [3.05, 3.63) is 199 Å². The number of benzene rings is 5. The molecule has 0 bridgehead atoms. The van der Waals surface area contributed by atoms with Crippen LogP contribution < -0.4 is 0 Å². The summed E-state index contributed by atoms with van der Waals surface area (Å²) in [6.45, 7) is 6.65. The first-order chi connectivity index (χ1) is 26.2. The number of aromatic nitrogens is 3. The number of halogens is 1. The number of nitrogens with zero attached hydrogens (tertiary/aromatic N) is 3. The molecule has 0 aliphatic heterocycles. The van der Waals surface area contributed by atoms with Crippen LogP contribution in [0, 0.1) is 37.9 Å². The molecule has 3 heterocycles. The number of carbonyl (C=O) groups excluding carboxylic acids is 1. The Bertz CT molecular complexity index is 2470. The molecular weight excluding hydrogens is 1250 g/mol. The second-order valence-electron chi connectivity index (χ2n) is 12.3. The number of ketones is 1. The summed E-state index contributed by atoms with van der Waals surface area (Å²) in [7, 11) is 0. The van der Waals surface area contributed by atoms with Crippen molar-refractivity contribution in [1.29, 1.82) is 0 Å². The van der Waals surface area contributed by atoms with Crippen LogP contribution in [-0.2, 0) is 65.1 Å². The van der Waals surface area contributed by atoms with Crippen LogP contribution in [0.5, 0.6) is 0 Å². The molecule has 5 aromatic carbocycles. The summed E-state index contributed by atoms with van der Waals surface area (Å²) in [5, 5.41) is 12.9. The molecule has 295 valence electrons. The minimum atomic E-state index is -0.237. The SMILES string of the molecule is CC(=O)C=C(C)O.Cc1c[c-]c(-c2ccccn2)cc1.Cc1cc(-c2nccc3ccccc23)[c-]cc1F.[Ir].[Ir].[Ir].[c-]1ccccc1-c1nccc2ccccc12. The summed E-state index contributed by atoms with van der Waals surface area (Å²) in [5.74, 6) is -0.300. The number of fused-ring (bicyclic) bond motifs is 2. The molecule has 0 fully saturated rings. The standard InChI is InChI=1S/C16H11FN.C15H10N.C12H10N.C5H8O2.3Ir/c1-11-10-13(6-7-15(11)17)16-14-5-3-2-4-12(14)8-9-18-16;1-2-7-13(8-3-1)15-14-9-5-4-6-12(14)10-11-16-15;1-10-5-7-11(8-6-10)12-4-2-3-9-13-12;1-4(6)3-5(2)7;;;/h2-5,7-10H,1H3;1-7,9-11H;2-7,9H,1H3;3,6H,1-2H3;;;/q3*-1;;;;. The van der Waals surface area contributed by atoms with Crippen LogP contribution >= 0.6 is 0 Å². The Morgan fingerprint density at radius 3 is 1.68 bits per heavy atom. The van der Waals surface area contributed by atoms with Gasteiger partial charge < -0.3 is 20.1 Å². The molecule has 3 radical (unpaired) electrons. The van der Waals surface area contributed by atoms with Crippen LogP contribution in [0.4, 0.5) is 4.39 Å². The van der Waals surface area contributed by atoms with Crippen LogP contribution in [0.1, 0.15) is 25.0 Å². The Balaban J connectivity index is 0.000000269. The molecule has 0 saturated carbocycles. The summed E-state index contributed by atoms with van der Waals surface area (Å²) in [6.07, 6.45) is 6.58. The smallest absolute Gasteiger partial charge is 0.155 e. The van der Waals surface area contributed by atoms with Crippen LogP contribution in [0.25, 0.3) is 55.3 Å². The molecule has 0 unspecified atom stereocenters. The molecule has 0 amide bonds. The number of pyridine rings is 3. The van der Waals surface area contributed by atoms with Gasteiger partial charge in [0, 0.05) is 90.8 Å². The number of hydrogen-bond acceptors (Lipinski definition) is 5. The first kappa shape index (κ1) is 48.3. The monoisotopic (exact) mass is 1290 g/mol. The fourth-order valence-corrected chi connectivity index (χ4v) is 5.41. The first-order valence-corrected chi connectivity index (χ1v) is 17.3. The van der Waals surface area contributed by atoms with Crippen LogP contribution in [0.3, 0.4) is 0 Å². The third-order valence-corrected chi connectivity index (χ3v) is 7.98. The van der Waals surface area contributed by atoms with Crippen LogP contribution in [0.2, 0.25) is 0 Å². The molecule has 8 rings (SSSR count). The van der Waals surface area contributed by atoms with Crippen molar-refractivity contribution in [2.24, 2.45) is 0 Å². The van der Waals surface area contributed by atoms with Gasteiger partial charge in [-0.2, -0.15) is 0 Å². The third-order valence-electron chi connectivity index (χ3n) is 7.98. The van der Waals surface area contributed by atoms with E-state index in [0.717, 1.165) is 44.5 Å². The number of aliphatic hydroxyl groups is 1. The fourth-order valence-electron chi connectivity index (χ4n) is 5.41. The maximum atomic E-state index is 13.3. The van der Waals surface area contributed by atoms with Crippen molar-refractivity contribution in [1.82, 2.24) is 15.0 Å². The van der Waals surface area contributed by atoms with Gasteiger partial charge in [-0.1, -0.05) is 80.1 Å². The molecule has 57 heavy (non-hydrogen) atoms. The Hall–Kier alpha value is -4.84. The molecule has 0 aliphatic rings. The average Bonchev–Trinajstić information content (AvgIpc) is 3.20. The number of aliphatic hydroxyl groups excluding tert-OH is 1. The van der Waals surface area contributed by atoms with E-state index < -0.39 is 0 Å². The second-order valence-corrected chi connectivity index (χ2v) is 12.3. The molecule has 1 N–H and O–H groups in total. The molecule has 0 atom stereocenters. The minimum Gasteiger partial charge on any atom is -0.512 e. The van der Waals surface area contributed by atoms with Gasteiger partial charge in [-0.15, -0.1) is 95.1 Å². The Kier molecular flexibility index (Phi) is 20.9. The molecule has 0 aliphatic carbocycles. The molecule has 0 saturated heterocycles. The van der Waals surface area contributed by atoms with Crippen LogP contribution in [-0.4, -0.2) is 25.8 Å². The van der Waals surface area contributed by atoms with Crippen molar-refractivity contribution >= 4 is 27.3 Å². The molecular formula is C48H39FIr3N3O2-3. The van der Waals surface area contributed by atoms with E-state index in [2.05, 4.69) is 58.3 Å². The van der Waals surface area contributed by atoms with Crippen molar-refractivity contribution in [3.63, 3.8) is 0 Å². The predicted molar refractivity (Wildman–Crippen MR) is 217 cm³/mol. The van der Waals surface area contributed by atoms with E-state index in [-0.39, 0.29) is 77.7 Å². The van der Waals surface area contributed by atoms with Crippen molar-refractivity contribution in [2.75, 3.05) is 0 Å². The van der Waals surface area contributed by atoms with Crippen molar-refractivity contribution in [2.45, 2.75) is 27.7 Å². The maximum Gasteiger partial charge on any atom is 0.155 e. The first-order valence-electron chi connectivity index (χ1n) is 17.3. The Morgan fingerprint density at radius 1 is 0.614 bits per heavy atom. The summed E-state index contributed by atoms with van der Waals surface area (Å²) in [5.41, 5.74) is 7.56. The van der Waals surface area contributed by atoms with E-state index in [0.29, 0.717) is 5.56 Å². The van der Waals surface area contributed by atoms with E-state index in [9.17, 15) is 9.18 Å². The van der Waals surface area contributed by atoms with E-state index in [1.165, 1.54) is 42.3 Å². The maximum absolute atomic E-state index is 13.3. The van der Waals surface area contributed by atoms with Crippen molar-refractivity contribution < 1.29 is 74.6 Å². The van der Waals surface area contributed by atoms with E-state index in [1.54, 1.807) is 25.4 Å². The average molecular weight is 1290 g/mol. The Morgan fingerprint density at radius 2 is 1.19 bits per heavy atom. The van der Waals surface area contributed by atoms with Crippen LogP contribution in [0.15, 0.2) is 164 Å². The van der Waals surface area contributed by atoms with Gasteiger partial charge in [0.15, 0.2) is 5.78 Å². The van der Waals surface area contributed by atoms with E-state index in [4.69, 9.17) is 5.11 Å². The van der Waals surface area contributed by atoms with Gasteiger partial charge in [-0.3, -0.25) is 9.18 Å². The predicted octanol–water partition coefficient (Wildman–Crippen LogP) is 11.7. The largest absolute Gasteiger partial charge is 0.512 e. The van der Waals surface area contributed by atoms with Gasteiger partial charge in [0.1, 0.15) is 0 Å². The molecule has 5 nitrogen and oxygen atoms in total. The zero-order valence-corrected chi connectivity index (χ0v) is 38.8. The number of aryl methyl sites for hydroxylation is 2. The van der Waals surface area contributed by atoms with E-state index in [1.807, 2.05) is 109 Å². The molecule has 0 spiro atoms. The van der Waals surface area contributed by atoms with Gasteiger partial charge >= 0.3 is 0 Å². The summed E-state index contributed by atoms with van der Waals surface area (Å²) >= 11 is 0. The number of hydrogen-bond donors (Lipinski definition) is 1. The zero-order valence-electron chi connectivity index (χ0n) is 31.6. The second kappa shape index (κ2) is 24.7. The Labute approximate surface area is 374 Å². The summed E-state index contributed by atoms with van der Waals surface area (Å²) in [6, 6.07) is 52.7. The van der Waals surface area contributed by atoms with E-state index >= 15 is 0 Å². The number of allylic oxidation sites excluding steroid dienone is 2. The quantitative estimate of drug-likeness (QED) is 0.108. The molecule has 9 heteroatoms. The van der Waals surface area contributed by atoms with Crippen molar-refractivity contribution in [3.8, 4) is 33.8 Å². The van der Waals surface area contributed by atoms with Gasteiger partial charge in [-0.05, 0) is 70.7 Å². The zero-order chi connectivity index (χ0) is 38.3. The van der Waals surface area contributed by atoms with Gasteiger partial charge in [0.05, 0.1) is 5.76 Å². The fraction of sp³-hybridized carbons (Fsp3) is 0.0833. The normalized spacial score (nSPS) is 10.0. The number of rotatable bonds is 4.